The molecule has 1 amide bonds. The molecular weight excluding hydrogens is 406 g/mol. The maximum Gasteiger partial charge on any atom is 0.226 e. The minimum Gasteiger partial charge on any atom is -0.310 e. The molecule has 0 fully saturated rings. The van der Waals surface area contributed by atoms with Crippen LogP contribution >= 0.6 is 15.9 Å². The lowest BCUT2D eigenvalue weighted by Crippen LogP contribution is -2.28. The monoisotopic (exact) mass is 423 g/mol. The van der Waals surface area contributed by atoms with E-state index in [1.54, 1.807) is 16.8 Å². The van der Waals surface area contributed by atoms with Gasteiger partial charge in [-0.1, -0.05) is 45.8 Å². The van der Waals surface area contributed by atoms with Gasteiger partial charge >= 0.3 is 0 Å². The summed E-state index contributed by atoms with van der Waals surface area (Å²) in [6, 6.07) is 15.1. The second-order valence-electron chi connectivity index (χ2n) is 6.77. The molecule has 0 aliphatic carbocycles. The normalized spacial score (nSPS) is 16.0. The fourth-order valence-corrected chi connectivity index (χ4v) is 3.72. The van der Waals surface area contributed by atoms with Gasteiger partial charge in [0.05, 0.1) is 17.3 Å². The quantitative estimate of drug-likeness (QED) is 0.627. The minimum atomic E-state index is -0.533. The van der Waals surface area contributed by atoms with Gasteiger partial charge in [-0.3, -0.25) is 9.59 Å². The van der Waals surface area contributed by atoms with Gasteiger partial charge in [0, 0.05) is 22.0 Å². The number of ketones is 1. The summed E-state index contributed by atoms with van der Waals surface area (Å²) in [5, 5.41) is 7.52. The molecule has 2 heterocycles. The van der Waals surface area contributed by atoms with Crippen molar-refractivity contribution >= 4 is 33.4 Å². The van der Waals surface area contributed by atoms with Gasteiger partial charge in [-0.25, -0.2) is 4.68 Å². The van der Waals surface area contributed by atoms with Crippen molar-refractivity contribution in [2.75, 3.05) is 5.32 Å². The van der Waals surface area contributed by atoms with Crippen LogP contribution < -0.4 is 5.32 Å². The highest BCUT2D eigenvalue weighted by molar-refractivity contribution is 9.10. The van der Waals surface area contributed by atoms with Crippen molar-refractivity contribution in [3.8, 4) is 5.69 Å². The molecule has 0 saturated heterocycles. The molecule has 0 saturated carbocycles. The number of hydrogen-bond donors (Lipinski definition) is 1. The number of benzene rings is 2. The Hall–Kier alpha value is -2.73. The average molecular weight is 424 g/mol. The fraction of sp³-hybridized carbons (Fsp3) is 0.190. The number of amides is 1. The maximum absolute atomic E-state index is 13.1. The van der Waals surface area contributed by atoms with Crippen molar-refractivity contribution in [1.29, 1.82) is 0 Å². The lowest BCUT2D eigenvalue weighted by atomic mass is 9.85. The van der Waals surface area contributed by atoms with Gasteiger partial charge in [-0.05, 0) is 38.1 Å². The lowest BCUT2D eigenvalue weighted by Gasteiger charge is -2.23. The molecule has 2 aromatic carbocycles. The second kappa shape index (κ2) is 6.78. The van der Waals surface area contributed by atoms with E-state index in [0.717, 1.165) is 27.0 Å². The number of halogens is 1. The smallest absolute Gasteiger partial charge is 0.226 e. The van der Waals surface area contributed by atoms with Crippen LogP contribution in [0.4, 0.5) is 5.82 Å². The molecule has 5 nitrogen and oxygen atoms in total. The molecule has 1 N–H and O–H groups in total. The number of fused-ring (bicyclic) bond motifs is 1. The van der Waals surface area contributed by atoms with Crippen LogP contribution in [0.1, 0.15) is 39.5 Å². The highest BCUT2D eigenvalue weighted by Crippen LogP contribution is 2.38. The van der Waals surface area contributed by atoms with Gasteiger partial charge in [0.2, 0.25) is 5.91 Å². The van der Waals surface area contributed by atoms with Gasteiger partial charge in [-0.2, -0.15) is 5.10 Å². The fourth-order valence-electron chi connectivity index (χ4n) is 3.46. The highest BCUT2D eigenvalue weighted by Gasteiger charge is 2.36. The van der Waals surface area contributed by atoms with Crippen molar-refractivity contribution in [3.05, 3.63) is 75.4 Å². The standard InChI is InChI=1S/C21H18BrN3O2/c1-12-3-9-16(10-4-12)25-21-19(13(2)24-25)17(11-18(26)23-21)20(27)14-5-7-15(22)8-6-14/h3-10,17H,11H2,1-2H3,(H,23,26)/t17-/m1/s1. The van der Waals surface area contributed by atoms with Gasteiger partial charge in [0.1, 0.15) is 5.82 Å². The van der Waals surface area contributed by atoms with Crippen molar-refractivity contribution in [1.82, 2.24) is 9.78 Å². The zero-order valence-electron chi connectivity index (χ0n) is 15.0. The number of aromatic nitrogens is 2. The molecule has 0 unspecified atom stereocenters. The van der Waals surface area contributed by atoms with E-state index in [-0.39, 0.29) is 18.1 Å². The van der Waals surface area contributed by atoms with Gasteiger partial charge in [-0.15, -0.1) is 0 Å². The molecule has 4 rings (SSSR count). The predicted molar refractivity (Wildman–Crippen MR) is 107 cm³/mol. The third-order valence-electron chi connectivity index (χ3n) is 4.83. The first-order chi connectivity index (χ1) is 12.9. The summed E-state index contributed by atoms with van der Waals surface area (Å²) in [6.07, 6.45) is 0.127. The second-order valence-corrected chi connectivity index (χ2v) is 7.69. The highest BCUT2D eigenvalue weighted by atomic mass is 79.9. The molecule has 0 spiro atoms. The van der Waals surface area contributed by atoms with Crippen LogP contribution in [-0.4, -0.2) is 21.5 Å². The molecule has 1 aliphatic rings. The Morgan fingerprint density at radius 1 is 1.11 bits per heavy atom. The van der Waals surface area contributed by atoms with Crippen molar-refractivity contribution in [2.45, 2.75) is 26.2 Å². The average Bonchev–Trinajstić information content (AvgIpc) is 2.98. The van der Waals surface area contributed by atoms with Crippen LogP contribution in [0, 0.1) is 13.8 Å². The van der Waals surface area contributed by atoms with E-state index in [4.69, 9.17) is 0 Å². The Morgan fingerprint density at radius 3 is 2.44 bits per heavy atom. The summed E-state index contributed by atoms with van der Waals surface area (Å²) in [5.41, 5.74) is 4.13. The zero-order chi connectivity index (χ0) is 19.1. The lowest BCUT2D eigenvalue weighted by molar-refractivity contribution is -0.116. The predicted octanol–water partition coefficient (Wildman–Crippen LogP) is 4.56. The first kappa shape index (κ1) is 17.7. The molecule has 6 heteroatoms. The van der Waals surface area contributed by atoms with Crippen LogP contribution in [0.5, 0.6) is 0 Å². The topological polar surface area (TPSA) is 64.0 Å². The number of nitrogens with zero attached hydrogens (tertiary/aromatic N) is 2. The summed E-state index contributed by atoms with van der Waals surface area (Å²) in [6.45, 7) is 3.89. The molecule has 136 valence electrons. The zero-order valence-corrected chi connectivity index (χ0v) is 16.6. The number of carbonyl (C=O) groups excluding carboxylic acids is 2. The molecule has 0 radical (unpaired) electrons. The molecule has 1 aromatic heterocycles. The minimum absolute atomic E-state index is 0.0647. The summed E-state index contributed by atoms with van der Waals surface area (Å²) < 4.78 is 2.62. The first-order valence-electron chi connectivity index (χ1n) is 8.70. The largest absolute Gasteiger partial charge is 0.310 e. The maximum atomic E-state index is 13.1. The van der Waals surface area contributed by atoms with Crippen LogP contribution in [0.3, 0.4) is 0 Å². The van der Waals surface area contributed by atoms with Crippen LogP contribution in [0.15, 0.2) is 53.0 Å². The number of hydrogen-bond acceptors (Lipinski definition) is 3. The summed E-state index contributed by atoms with van der Waals surface area (Å²) >= 11 is 3.38. The Labute approximate surface area is 165 Å². The number of aryl methyl sites for hydroxylation is 2. The summed E-state index contributed by atoms with van der Waals surface area (Å²) in [5.74, 6) is -0.187. The van der Waals surface area contributed by atoms with E-state index in [9.17, 15) is 9.59 Å². The van der Waals surface area contributed by atoms with Crippen molar-refractivity contribution < 1.29 is 9.59 Å². The van der Waals surface area contributed by atoms with Crippen molar-refractivity contribution in [3.63, 3.8) is 0 Å². The van der Waals surface area contributed by atoms with E-state index in [1.165, 1.54) is 0 Å². The Morgan fingerprint density at radius 2 is 1.78 bits per heavy atom. The molecule has 3 aromatic rings. The van der Waals surface area contributed by atoms with Crippen LogP contribution in [0.25, 0.3) is 5.69 Å². The molecule has 0 bridgehead atoms. The number of nitrogens with one attached hydrogen (secondary N) is 1. The Kier molecular flexibility index (Phi) is 4.44. The third kappa shape index (κ3) is 3.21. The summed E-state index contributed by atoms with van der Waals surface area (Å²) in [7, 11) is 0. The van der Waals surface area contributed by atoms with Crippen LogP contribution in [-0.2, 0) is 4.79 Å². The van der Waals surface area contributed by atoms with E-state index >= 15 is 0 Å². The Bertz CT molecular complexity index is 1040. The van der Waals surface area contributed by atoms with E-state index in [1.807, 2.05) is 50.2 Å². The molecule has 27 heavy (non-hydrogen) atoms. The van der Waals surface area contributed by atoms with E-state index in [0.29, 0.717) is 11.4 Å². The van der Waals surface area contributed by atoms with Gasteiger partial charge < -0.3 is 5.32 Å². The van der Waals surface area contributed by atoms with Crippen LogP contribution in [0.2, 0.25) is 0 Å². The number of rotatable bonds is 3. The number of anilines is 1. The van der Waals surface area contributed by atoms with Gasteiger partial charge in [0.15, 0.2) is 5.78 Å². The Balaban J connectivity index is 1.80. The van der Waals surface area contributed by atoms with Crippen molar-refractivity contribution in [2.24, 2.45) is 0 Å². The van der Waals surface area contributed by atoms with E-state index in [2.05, 4.69) is 26.3 Å². The number of Topliss-reactive ketones (excluding diaryl/α,β-unsaturated/α-hetero) is 1. The number of carbonyl (C=O) groups is 2. The SMILES string of the molecule is Cc1ccc(-n2nc(C)c3c2NC(=O)C[C@H]3C(=O)c2ccc(Br)cc2)cc1. The van der Waals surface area contributed by atoms with E-state index < -0.39 is 5.92 Å². The summed E-state index contributed by atoms with van der Waals surface area (Å²) in [4.78, 5) is 25.5. The third-order valence-corrected chi connectivity index (χ3v) is 5.35. The molecule has 1 aliphatic heterocycles. The first-order valence-corrected chi connectivity index (χ1v) is 9.49. The molecular formula is C21H18BrN3O2. The van der Waals surface area contributed by atoms with Gasteiger partial charge in [0.25, 0.3) is 0 Å². The molecule has 1 atom stereocenters.